The van der Waals surface area contributed by atoms with Crippen LogP contribution in [0.5, 0.6) is 0 Å². The molecule has 108 valence electrons. The zero-order valence-corrected chi connectivity index (χ0v) is 11.4. The Balaban J connectivity index is 1.80. The van der Waals surface area contributed by atoms with Crippen LogP contribution in [0, 0.1) is 0 Å². The summed E-state index contributed by atoms with van der Waals surface area (Å²) in [6.45, 7) is 0. The molecule has 0 unspecified atom stereocenters. The Morgan fingerprint density at radius 3 is 2.82 bits per heavy atom. The van der Waals surface area contributed by atoms with Crippen molar-refractivity contribution in [2.45, 2.75) is 0 Å². The quantitative estimate of drug-likeness (QED) is 0.591. The normalized spacial score (nSPS) is 10.9. The predicted octanol–water partition coefficient (Wildman–Crippen LogP) is 1.95. The van der Waals surface area contributed by atoms with E-state index >= 15 is 0 Å². The van der Waals surface area contributed by atoms with Crippen LogP contribution in [0.4, 0.5) is 0 Å². The third-order valence-corrected chi connectivity index (χ3v) is 2.97. The molecule has 0 aliphatic rings. The highest BCUT2D eigenvalue weighted by atomic mass is 16.3. The first-order valence-electron chi connectivity index (χ1n) is 6.51. The van der Waals surface area contributed by atoms with Crippen molar-refractivity contribution in [1.29, 1.82) is 0 Å². The van der Waals surface area contributed by atoms with E-state index in [1.807, 2.05) is 0 Å². The van der Waals surface area contributed by atoms with Crippen LogP contribution in [0.2, 0.25) is 0 Å². The summed E-state index contributed by atoms with van der Waals surface area (Å²) >= 11 is 0. The number of para-hydroxylation sites is 1. The molecule has 1 aromatic carbocycles. The van der Waals surface area contributed by atoms with Gasteiger partial charge in [-0.2, -0.15) is 5.10 Å². The summed E-state index contributed by atoms with van der Waals surface area (Å²) < 4.78 is 5.35. The second-order valence-electron chi connectivity index (χ2n) is 4.43. The average Bonchev–Trinajstić information content (AvgIpc) is 2.58. The van der Waals surface area contributed by atoms with Crippen molar-refractivity contribution >= 4 is 23.1 Å². The monoisotopic (exact) mass is 293 g/mol. The largest absolute Gasteiger partial charge is 0.463 e. The minimum Gasteiger partial charge on any atom is -0.463 e. The first-order chi connectivity index (χ1) is 10.8. The zero-order chi connectivity index (χ0) is 15.4. The highest BCUT2D eigenvalue weighted by Gasteiger charge is 2.06. The second kappa shape index (κ2) is 6.01. The third kappa shape index (κ3) is 2.76. The summed E-state index contributed by atoms with van der Waals surface area (Å²) in [6.07, 6.45) is 4.07. The predicted molar refractivity (Wildman–Crippen MR) is 81.8 cm³/mol. The van der Waals surface area contributed by atoms with Crippen LogP contribution < -0.4 is 10.9 Å². The summed E-state index contributed by atoms with van der Waals surface area (Å²) in [6, 6.07) is 11.9. The number of hydrogen-bond acceptors (Lipinski definition) is 5. The molecule has 2 aromatic heterocycles. The van der Waals surface area contributed by atoms with Gasteiger partial charge in [0.15, 0.2) is 0 Å². The van der Waals surface area contributed by atoms with Crippen molar-refractivity contribution in [3.05, 3.63) is 76.4 Å². The lowest BCUT2D eigenvalue weighted by atomic mass is 10.2. The number of carbonyl (C=O) groups is 1. The number of pyridine rings is 1. The molecule has 1 N–H and O–H groups in total. The number of carbonyl (C=O) groups excluding carboxylic acids is 1. The van der Waals surface area contributed by atoms with Crippen molar-refractivity contribution in [3.8, 4) is 0 Å². The van der Waals surface area contributed by atoms with Gasteiger partial charge in [0.2, 0.25) is 5.43 Å². The molecular formula is C16H11N3O3. The van der Waals surface area contributed by atoms with Crippen LogP contribution in [0.3, 0.4) is 0 Å². The molecule has 2 heterocycles. The smallest absolute Gasteiger partial charge is 0.289 e. The minimum atomic E-state index is -0.456. The summed E-state index contributed by atoms with van der Waals surface area (Å²) in [5.74, 6) is -0.456. The maximum atomic E-state index is 12.2. The molecule has 1 amide bonds. The molecule has 0 fully saturated rings. The minimum absolute atomic E-state index is 0.210. The van der Waals surface area contributed by atoms with Gasteiger partial charge in [-0.15, -0.1) is 0 Å². The second-order valence-corrected chi connectivity index (χ2v) is 4.43. The van der Waals surface area contributed by atoms with Crippen molar-refractivity contribution in [1.82, 2.24) is 10.4 Å². The summed E-state index contributed by atoms with van der Waals surface area (Å²) in [4.78, 5) is 27.8. The number of hydrazone groups is 1. The molecule has 0 atom stereocenters. The maximum absolute atomic E-state index is 12.2. The Bertz CT molecular complexity index is 901. The lowest BCUT2D eigenvalue weighted by Crippen LogP contribution is -2.19. The number of amides is 1. The van der Waals surface area contributed by atoms with Gasteiger partial charge in [-0.05, 0) is 24.3 Å². The highest BCUT2D eigenvalue weighted by molar-refractivity contribution is 5.93. The van der Waals surface area contributed by atoms with Gasteiger partial charge in [0, 0.05) is 6.20 Å². The van der Waals surface area contributed by atoms with E-state index in [4.69, 9.17) is 4.42 Å². The molecule has 6 heteroatoms. The van der Waals surface area contributed by atoms with Gasteiger partial charge in [0.1, 0.15) is 17.5 Å². The van der Waals surface area contributed by atoms with Crippen molar-refractivity contribution < 1.29 is 9.21 Å². The van der Waals surface area contributed by atoms with Crippen molar-refractivity contribution in [3.63, 3.8) is 0 Å². The standard InChI is InChI=1S/C16H11N3O3/c20-15-11(10-22-14-7-2-1-5-12(14)15)9-18-19-16(21)13-6-3-4-8-17-13/h1-10H,(H,19,21)/b18-9+. The number of hydrogen-bond donors (Lipinski definition) is 1. The molecule has 0 spiro atoms. The highest BCUT2D eigenvalue weighted by Crippen LogP contribution is 2.09. The topological polar surface area (TPSA) is 84.6 Å². The van der Waals surface area contributed by atoms with E-state index < -0.39 is 5.91 Å². The molecule has 0 radical (unpaired) electrons. The Morgan fingerprint density at radius 2 is 2.00 bits per heavy atom. The first-order valence-corrected chi connectivity index (χ1v) is 6.51. The Hall–Kier alpha value is -3.28. The van der Waals surface area contributed by atoms with E-state index in [9.17, 15) is 9.59 Å². The number of nitrogens with zero attached hydrogens (tertiary/aromatic N) is 2. The van der Waals surface area contributed by atoms with E-state index in [0.717, 1.165) is 0 Å². The zero-order valence-electron chi connectivity index (χ0n) is 11.4. The van der Waals surface area contributed by atoms with Crippen LogP contribution in [0.25, 0.3) is 11.0 Å². The number of benzene rings is 1. The van der Waals surface area contributed by atoms with Gasteiger partial charge in [0.05, 0.1) is 17.2 Å². The molecule has 0 saturated carbocycles. The fraction of sp³-hybridized carbons (Fsp3) is 0. The molecule has 3 rings (SSSR count). The van der Waals surface area contributed by atoms with E-state index in [-0.39, 0.29) is 16.7 Å². The SMILES string of the molecule is O=C(N/N=C/c1coc2ccccc2c1=O)c1ccccn1. The number of rotatable bonds is 3. The van der Waals surface area contributed by atoms with E-state index in [1.165, 1.54) is 18.7 Å². The molecule has 3 aromatic rings. The summed E-state index contributed by atoms with van der Waals surface area (Å²) in [5.41, 5.74) is 3.09. The number of aromatic nitrogens is 1. The van der Waals surface area contributed by atoms with Crippen molar-refractivity contribution in [2.24, 2.45) is 5.10 Å². The molecular weight excluding hydrogens is 282 g/mol. The molecule has 0 aliphatic heterocycles. The Kier molecular flexibility index (Phi) is 3.74. The lowest BCUT2D eigenvalue weighted by Gasteiger charge is -1.99. The van der Waals surface area contributed by atoms with Crippen LogP contribution in [-0.2, 0) is 0 Å². The van der Waals surface area contributed by atoms with E-state index in [0.29, 0.717) is 11.0 Å². The van der Waals surface area contributed by atoms with Crippen LogP contribution >= 0.6 is 0 Å². The Morgan fingerprint density at radius 1 is 1.18 bits per heavy atom. The molecule has 0 saturated heterocycles. The van der Waals surface area contributed by atoms with Crippen LogP contribution in [0.1, 0.15) is 16.1 Å². The Labute approximate surface area is 125 Å². The van der Waals surface area contributed by atoms with Gasteiger partial charge >= 0.3 is 0 Å². The van der Waals surface area contributed by atoms with Gasteiger partial charge in [-0.25, -0.2) is 5.43 Å². The van der Waals surface area contributed by atoms with Gasteiger partial charge in [-0.3, -0.25) is 14.6 Å². The molecule has 0 aliphatic carbocycles. The summed E-state index contributed by atoms with van der Waals surface area (Å²) in [5, 5.41) is 4.22. The average molecular weight is 293 g/mol. The van der Waals surface area contributed by atoms with E-state index in [1.54, 1.807) is 42.5 Å². The first kappa shape index (κ1) is 13.7. The number of fused-ring (bicyclic) bond motifs is 1. The molecule has 0 bridgehead atoms. The van der Waals surface area contributed by atoms with Gasteiger partial charge < -0.3 is 4.42 Å². The van der Waals surface area contributed by atoms with Gasteiger partial charge in [-0.1, -0.05) is 18.2 Å². The lowest BCUT2D eigenvalue weighted by molar-refractivity contribution is 0.0950. The fourth-order valence-corrected chi connectivity index (χ4v) is 1.90. The van der Waals surface area contributed by atoms with Crippen LogP contribution in [-0.4, -0.2) is 17.1 Å². The maximum Gasteiger partial charge on any atom is 0.289 e. The van der Waals surface area contributed by atoms with Crippen molar-refractivity contribution in [2.75, 3.05) is 0 Å². The number of nitrogens with one attached hydrogen (secondary N) is 1. The van der Waals surface area contributed by atoms with Gasteiger partial charge in [0.25, 0.3) is 5.91 Å². The van der Waals surface area contributed by atoms with Crippen LogP contribution in [0.15, 0.2) is 69.2 Å². The third-order valence-electron chi connectivity index (χ3n) is 2.97. The molecule has 22 heavy (non-hydrogen) atoms. The summed E-state index contributed by atoms with van der Waals surface area (Å²) in [7, 11) is 0. The molecule has 6 nitrogen and oxygen atoms in total. The van der Waals surface area contributed by atoms with E-state index in [2.05, 4.69) is 15.5 Å². The fourth-order valence-electron chi connectivity index (χ4n) is 1.90.